The van der Waals surface area contributed by atoms with Gasteiger partial charge in [-0.25, -0.2) is 4.39 Å². The fourth-order valence-corrected chi connectivity index (χ4v) is 1.62. The molecule has 0 unspecified atom stereocenters. The summed E-state index contributed by atoms with van der Waals surface area (Å²) in [6.07, 6.45) is 0.295. The summed E-state index contributed by atoms with van der Waals surface area (Å²) in [7, 11) is 0. The number of benzene rings is 1. The second-order valence-corrected chi connectivity index (χ2v) is 4.10. The summed E-state index contributed by atoms with van der Waals surface area (Å²) >= 11 is 0. The molecule has 14 heavy (non-hydrogen) atoms. The van der Waals surface area contributed by atoms with Crippen LogP contribution in [0.4, 0.5) is 4.39 Å². The van der Waals surface area contributed by atoms with Crippen LogP contribution in [0.2, 0.25) is 0 Å². The molecule has 0 radical (unpaired) electrons. The molecule has 3 heteroatoms. The molecule has 74 valence electrons. The zero-order valence-electron chi connectivity index (χ0n) is 8.13. The third-order valence-electron chi connectivity index (χ3n) is 2.21. The van der Waals surface area contributed by atoms with Crippen molar-refractivity contribution in [3.8, 4) is 5.75 Å². The lowest BCUT2D eigenvalue weighted by Crippen LogP contribution is -2.35. The average molecular weight is 194 g/mol. The van der Waals surface area contributed by atoms with Crippen molar-refractivity contribution in [2.75, 3.05) is 0 Å². The normalized spacial score (nSPS) is 18.6. The summed E-state index contributed by atoms with van der Waals surface area (Å²) in [5.41, 5.74) is -0.133. The van der Waals surface area contributed by atoms with Crippen molar-refractivity contribution in [2.24, 2.45) is 0 Å². The summed E-state index contributed by atoms with van der Waals surface area (Å²) in [5.74, 6) is 0.0174. The number of halogens is 1. The van der Waals surface area contributed by atoms with E-state index in [1.807, 2.05) is 13.8 Å². The molecule has 0 spiro atoms. The largest absolute Gasteiger partial charge is 0.487 e. The minimum atomic E-state index is -0.484. The molecular weight excluding hydrogens is 183 g/mol. The van der Waals surface area contributed by atoms with Gasteiger partial charge in [0, 0.05) is 0 Å². The van der Waals surface area contributed by atoms with Gasteiger partial charge in [-0.3, -0.25) is 4.79 Å². The van der Waals surface area contributed by atoms with Gasteiger partial charge in [-0.2, -0.15) is 0 Å². The Balaban J connectivity index is 2.50. The second-order valence-electron chi connectivity index (χ2n) is 4.10. The fourth-order valence-electron chi connectivity index (χ4n) is 1.62. The van der Waals surface area contributed by atoms with E-state index < -0.39 is 11.4 Å². The Kier molecular flexibility index (Phi) is 1.84. The average Bonchev–Trinajstić information content (AvgIpc) is 2.05. The Hall–Kier alpha value is -1.38. The SMILES string of the molecule is CC1(C)CC(=O)c2cc(F)ccc2O1. The number of fused-ring (bicyclic) bond motifs is 1. The number of rotatable bonds is 0. The van der Waals surface area contributed by atoms with Crippen molar-refractivity contribution in [1.29, 1.82) is 0 Å². The van der Waals surface area contributed by atoms with Crippen LogP contribution in [-0.2, 0) is 0 Å². The van der Waals surface area contributed by atoms with Gasteiger partial charge in [-0.1, -0.05) is 0 Å². The van der Waals surface area contributed by atoms with E-state index in [9.17, 15) is 9.18 Å². The molecule has 2 nitrogen and oxygen atoms in total. The third-order valence-corrected chi connectivity index (χ3v) is 2.21. The Morgan fingerprint density at radius 3 is 2.86 bits per heavy atom. The Morgan fingerprint density at radius 2 is 2.14 bits per heavy atom. The molecule has 0 saturated heterocycles. The van der Waals surface area contributed by atoms with Crippen LogP contribution in [-0.4, -0.2) is 11.4 Å². The van der Waals surface area contributed by atoms with Crippen molar-refractivity contribution >= 4 is 5.78 Å². The van der Waals surface area contributed by atoms with Crippen LogP contribution in [0.15, 0.2) is 18.2 Å². The van der Waals surface area contributed by atoms with Crippen molar-refractivity contribution in [1.82, 2.24) is 0 Å². The number of ketones is 1. The first-order chi connectivity index (χ1) is 6.48. The number of ether oxygens (including phenoxy) is 1. The highest BCUT2D eigenvalue weighted by molar-refractivity contribution is 6.00. The Morgan fingerprint density at radius 1 is 1.43 bits per heavy atom. The highest BCUT2D eigenvalue weighted by atomic mass is 19.1. The van der Waals surface area contributed by atoms with Crippen LogP contribution in [0.25, 0.3) is 0 Å². The van der Waals surface area contributed by atoms with Crippen LogP contribution >= 0.6 is 0 Å². The first-order valence-electron chi connectivity index (χ1n) is 4.50. The zero-order valence-corrected chi connectivity index (χ0v) is 8.13. The van der Waals surface area contributed by atoms with Crippen LogP contribution < -0.4 is 4.74 Å². The smallest absolute Gasteiger partial charge is 0.170 e. The predicted octanol–water partition coefficient (Wildman–Crippen LogP) is 2.57. The molecule has 1 aliphatic rings. The molecule has 1 aromatic carbocycles. The monoisotopic (exact) mass is 194 g/mol. The maximum Gasteiger partial charge on any atom is 0.170 e. The van der Waals surface area contributed by atoms with Gasteiger partial charge >= 0.3 is 0 Å². The van der Waals surface area contributed by atoms with Gasteiger partial charge in [-0.05, 0) is 32.0 Å². The van der Waals surface area contributed by atoms with Gasteiger partial charge in [0.25, 0.3) is 0 Å². The summed E-state index contributed by atoms with van der Waals surface area (Å²) in [6.45, 7) is 3.69. The van der Waals surface area contributed by atoms with Crippen LogP contribution in [0.3, 0.4) is 0 Å². The van der Waals surface area contributed by atoms with E-state index >= 15 is 0 Å². The summed E-state index contributed by atoms with van der Waals surface area (Å²) in [6, 6.07) is 4.03. The molecule has 0 aromatic heterocycles. The van der Waals surface area contributed by atoms with Crippen LogP contribution in [0.5, 0.6) is 5.75 Å². The van der Waals surface area contributed by atoms with Gasteiger partial charge in [0.1, 0.15) is 17.2 Å². The highest BCUT2D eigenvalue weighted by Gasteiger charge is 2.32. The molecular formula is C11H11FO2. The fraction of sp³-hybridized carbons (Fsp3) is 0.364. The lowest BCUT2D eigenvalue weighted by Gasteiger charge is -2.31. The molecule has 2 rings (SSSR count). The van der Waals surface area contributed by atoms with E-state index in [1.54, 1.807) is 0 Å². The minimum Gasteiger partial charge on any atom is -0.487 e. The van der Waals surface area contributed by atoms with Crippen molar-refractivity contribution in [2.45, 2.75) is 25.9 Å². The standard InChI is InChI=1S/C11H11FO2/c1-11(2)6-9(13)8-5-7(12)3-4-10(8)14-11/h3-5H,6H2,1-2H3. The van der Waals surface area contributed by atoms with Crippen molar-refractivity contribution in [3.63, 3.8) is 0 Å². The summed E-state index contributed by atoms with van der Waals surface area (Å²) < 4.78 is 18.4. The van der Waals surface area contributed by atoms with Gasteiger partial charge in [-0.15, -0.1) is 0 Å². The Bertz CT molecular complexity index is 396. The van der Waals surface area contributed by atoms with E-state index in [-0.39, 0.29) is 5.78 Å². The van der Waals surface area contributed by atoms with Gasteiger partial charge in [0.05, 0.1) is 12.0 Å². The molecule has 0 aliphatic carbocycles. The van der Waals surface area contributed by atoms with Gasteiger partial charge in [0.15, 0.2) is 5.78 Å². The number of Topliss-reactive ketones (excluding diaryl/α,β-unsaturated/α-hetero) is 1. The Labute approximate surface area is 81.7 Å². The number of carbonyl (C=O) groups is 1. The van der Waals surface area contributed by atoms with Gasteiger partial charge < -0.3 is 4.74 Å². The maximum absolute atomic E-state index is 12.9. The number of hydrogen-bond acceptors (Lipinski definition) is 2. The highest BCUT2D eigenvalue weighted by Crippen LogP contribution is 2.32. The molecule has 1 aromatic rings. The molecule has 0 bridgehead atoms. The number of hydrogen-bond donors (Lipinski definition) is 0. The van der Waals surface area contributed by atoms with E-state index in [0.29, 0.717) is 17.7 Å². The first kappa shape index (κ1) is 9.19. The quantitative estimate of drug-likeness (QED) is 0.634. The van der Waals surface area contributed by atoms with Crippen LogP contribution in [0, 0.1) is 5.82 Å². The van der Waals surface area contributed by atoms with Gasteiger partial charge in [0.2, 0.25) is 0 Å². The van der Waals surface area contributed by atoms with Crippen molar-refractivity contribution < 1.29 is 13.9 Å². The lowest BCUT2D eigenvalue weighted by atomic mass is 9.93. The van der Waals surface area contributed by atoms with E-state index in [1.165, 1.54) is 18.2 Å². The third kappa shape index (κ3) is 1.50. The molecule has 0 saturated carbocycles. The van der Waals surface area contributed by atoms with E-state index in [2.05, 4.69) is 0 Å². The molecule has 0 fully saturated rings. The van der Waals surface area contributed by atoms with Crippen LogP contribution in [0.1, 0.15) is 30.6 Å². The molecule has 1 heterocycles. The topological polar surface area (TPSA) is 26.3 Å². The van der Waals surface area contributed by atoms with E-state index in [4.69, 9.17) is 4.74 Å². The molecule has 0 N–H and O–H groups in total. The minimum absolute atomic E-state index is 0.0595. The van der Waals surface area contributed by atoms with Crippen molar-refractivity contribution in [3.05, 3.63) is 29.6 Å². The summed E-state index contributed by atoms with van der Waals surface area (Å²) in [4.78, 5) is 11.6. The first-order valence-corrected chi connectivity index (χ1v) is 4.50. The summed E-state index contributed by atoms with van der Waals surface area (Å²) in [5, 5.41) is 0. The number of carbonyl (C=O) groups excluding carboxylic acids is 1. The zero-order chi connectivity index (χ0) is 10.3. The lowest BCUT2D eigenvalue weighted by molar-refractivity contribution is 0.0618. The molecule has 0 amide bonds. The second kappa shape index (κ2) is 2.80. The molecule has 0 atom stereocenters. The maximum atomic E-state index is 12.9. The molecule has 1 aliphatic heterocycles. The predicted molar refractivity (Wildman–Crippen MR) is 50.1 cm³/mol. The van der Waals surface area contributed by atoms with E-state index in [0.717, 1.165) is 0 Å².